The van der Waals surface area contributed by atoms with Crippen LogP contribution >= 0.6 is 15.9 Å². The highest BCUT2D eigenvalue weighted by Crippen LogP contribution is 2.45. The monoisotopic (exact) mass is 357 g/mol. The van der Waals surface area contributed by atoms with Crippen molar-refractivity contribution in [1.29, 1.82) is 0 Å². The lowest BCUT2D eigenvalue weighted by atomic mass is 10.1. The molecule has 2 rings (SSSR count). The van der Waals surface area contributed by atoms with E-state index in [-0.39, 0.29) is 12.2 Å². The van der Waals surface area contributed by atoms with E-state index in [1.807, 2.05) is 0 Å². The Morgan fingerprint density at radius 1 is 1.43 bits per heavy atom. The number of nitrogens with one attached hydrogen (secondary N) is 2. The zero-order valence-corrected chi connectivity index (χ0v) is 12.3. The summed E-state index contributed by atoms with van der Waals surface area (Å²) in [5.74, 6) is -0.917. The number of hydrogen-bond donors (Lipinski definition) is 3. The third kappa shape index (κ3) is 3.48. The lowest BCUT2D eigenvalue weighted by Gasteiger charge is -2.12. The van der Waals surface area contributed by atoms with Crippen molar-refractivity contribution in [2.45, 2.75) is 12.8 Å². The van der Waals surface area contributed by atoms with Crippen molar-refractivity contribution in [2.24, 2.45) is 5.41 Å². The maximum absolute atomic E-state index is 11.7. The minimum Gasteiger partial charge on any atom is -0.481 e. The van der Waals surface area contributed by atoms with Crippen molar-refractivity contribution >= 4 is 39.3 Å². The number of nitrogens with zero attached hydrogens (tertiary/aromatic N) is 1. The van der Waals surface area contributed by atoms with Crippen molar-refractivity contribution in [3.05, 3.63) is 32.8 Å². The van der Waals surface area contributed by atoms with Gasteiger partial charge in [-0.15, -0.1) is 0 Å². The van der Waals surface area contributed by atoms with Gasteiger partial charge in [-0.1, -0.05) is 0 Å². The van der Waals surface area contributed by atoms with Crippen molar-refractivity contribution in [3.8, 4) is 0 Å². The molecule has 0 atom stereocenters. The number of carboxylic acid groups (broad SMARTS) is 1. The summed E-state index contributed by atoms with van der Waals surface area (Å²) < 4.78 is 0.367. The van der Waals surface area contributed by atoms with Crippen molar-refractivity contribution in [1.82, 2.24) is 5.32 Å². The van der Waals surface area contributed by atoms with Crippen LogP contribution < -0.4 is 10.6 Å². The number of carboxylic acids is 1. The summed E-state index contributed by atoms with van der Waals surface area (Å²) in [7, 11) is 0. The molecular formula is C12H12BrN3O5. The van der Waals surface area contributed by atoms with E-state index in [0.717, 1.165) is 0 Å². The third-order valence-corrected chi connectivity index (χ3v) is 3.96. The van der Waals surface area contributed by atoms with E-state index in [1.165, 1.54) is 18.2 Å². The van der Waals surface area contributed by atoms with Crippen LogP contribution in [-0.4, -0.2) is 28.6 Å². The lowest BCUT2D eigenvalue weighted by Crippen LogP contribution is -2.36. The fourth-order valence-corrected chi connectivity index (χ4v) is 2.22. The first-order valence-electron chi connectivity index (χ1n) is 6.06. The van der Waals surface area contributed by atoms with Crippen molar-refractivity contribution in [2.75, 3.05) is 11.9 Å². The molecule has 1 aromatic rings. The minimum absolute atomic E-state index is 0.0543. The maximum Gasteiger partial charge on any atom is 0.319 e. The predicted octanol–water partition coefficient (Wildman–Crippen LogP) is 2.34. The molecule has 0 aliphatic heterocycles. The van der Waals surface area contributed by atoms with Crippen molar-refractivity contribution < 1.29 is 19.6 Å². The van der Waals surface area contributed by atoms with E-state index in [9.17, 15) is 19.7 Å². The molecule has 1 aliphatic rings. The molecule has 0 unspecified atom stereocenters. The normalized spacial score (nSPS) is 15.1. The first-order valence-corrected chi connectivity index (χ1v) is 6.85. The summed E-state index contributed by atoms with van der Waals surface area (Å²) in [5.41, 5.74) is -0.585. The standard InChI is InChI=1S/C12H12BrN3O5/c13-8-5-7(16(20)21)1-2-9(8)15-11(19)14-6-12(3-4-12)10(17)18/h1-2,5H,3-4,6H2,(H,17,18)(H2,14,15,19). The van der Waals surface area contributed by atoms with Gasteiger partial charge in [-0.2, -0.15) is 0 Å². The van der Waals surface area contributed by atoms with Crippen molar-refractivity contribution in [3.63, 3.8) is 0 Å². The van der Waals surface area contributed by atoms with Gasteiger partial charge >= 0.3 is 12.0 Å². The second-order valence-corrected chi connectivity index (χ2v) is 5.67. The summed E-state index contributed by atoms with van der Waals surface area (Å²) in [6.45, 7) is 0.0543. The van der Waals surface area contributed by atoms with E-state index in [4.69, 9.17) is 5.11 Å². The molecule has 3 N–H and O–H groups in total. The highest BCUT2D eigenvalue weighted by molar-refractivity contribution is 9.10. The molecule has 0 radical (unpaired) electrons. The molecule has 0 aromatic heterocycles. The van der Waals surface area contributed by atoms with Gasteiger partial charge in [0.25, 0.3) is 5.69 Å². The Balaban J connectivity index is 1.94. The smallest absolute Gasteiger partial charge is 0.319 e. The molecule has 1 fully saturated rings. The van der Waals surface area contributed by atoms with Gasteiger partial charge in [0.1, 0.15) is 0 Å². The second-order valence-electron chi connectivity index (χ2n) is 4.81. The number of benzene rings is 1. The Kier molecular flexibility index (Phi) is 4.12. The topological polar surface area (TPSA) is 122 Å². The van der Waals surface area contributed by atoms with Gasteiger partial charge < -0.3 is 15.7 Å². The number of non-ortho nitro benzene ring substituents is 1. The lowest BCUT2D eigenvalue weighted by molar-refractivity contribution is -0.384. The zero-order chi connectivity index (χ0) is 15.6. The van der Waals surface area contributed by atoms with E-state index in [2.05, 4.69) is 26.6 Å². The number of halogens is 1. The molecule has 8 nitrogen and oxygen atoms in total. The van der Waals surface area contributed by atoms with Crippen LogP contribution in [0.1, 0.15) is 12.8 Å². The van der Waals surface area contributed by atoms with Crippen LogP contribution in [0.3, 0.4) is 0 Å². The average Bonchev–Trinajstić information content (AvgIpc) is 3.20. The molecule has 0 spiro atoms. The molecule has 9 heteroatoms. The Bertz CT molecular complexity index is 615. The molecule has 2 amide bonds. The molecule has 1 aromatic carbocycles. The van der Waals surface area contributed by atoms with Crippen LogP contribution in [0.25, 0.3) is 0 Å². The van der Waals surface area contributed by atoms with E-state index in [0.29, 0.717) is 23.0 Å². The highest BCUT2D eigenvalue weighted by Gasteiger charge is 2.50. The van der Waals surface area contributed by atoms with Crippen LogP contribution in [0.2, 0.25) is 0 Å². The van der Waals surface area contributed by atoms with Gasteiger partial charge in [0.05, 0.1) is 16.0 Å². The number of urea groups is 1. The largest absolute Gasteiger partial charge is 0.481 e. The zero-order valence-electron chi connectivity index (χ0n) is 10.8. The van der Waals surface area contributed by atoms with Crippen LogP contribution in [0.15, 0.2) is 22.7 Å². The summed E-state index contributed by atoms with van der Waals surface area (Å²) in [6, 6.07) is 3.37. The molecule has 1 saturated carbocycles. The van der Waals surface area contributed by atoms with Gasteiger partial charge in [-0.05, 0) is 34.8 Å². The molecular weight excluding hydrogens is 346 g/mol. The first kappa shape index (κ1) is 15.2. The number of carbonyl (C=O) groups is 2. The summed E-state index contributed by atoms with van der Waals surface area (Å²) in [6.07, 6.45) is 1.09. The number of nitro groups is 1. The summed E-state index contributed by atoms with van der Waals surface area (Å²) in [4.78, 5) is 32.7. The number of hydrogen-bond acceptors (Lipinski definition) is 4. The summed E-state index contributed by atoms with van der Waals surface area (Å²) >= 11 is 3.13. The van der Waals surface area contributed by atoms with E-state index < -0.39 is 22.3 Å². The molecule has 21 heavy (non-hydrogen) atoms. The summed E-state index contributed by atoms with van der Waals surface area (Å²) in [5, 5.41) is 24.6. The van der Waals surface area contributed by atoms with E-state index in [1.54, 1.807) is 0 Å². The van der Waals surface area contributed by atoms with Crippen LogP contribution in [0.5, 0.6) is 0 Å². The predicted molar refractivity (Wildman–Crippen MR) is 77.1 cm³/mol. The van der Waals surface area contributed by atoms with Crippen LogP contribution in [-0.2, 0) is 4.79 Å². The van der Waals surface area contributed by atoms with Gasteiger partial charge in [0.15, 0.2) is 0 Å². The number of amides is 2. The minimum atomic E-state index is -0.917. The Labute approximate surface area is 127 Å². The van der Waals surface area contributed by atoms with Gasteiger partial charge in [-0.3, -0.25) is 14.9 Å². The Morgan fingerprint density at radius 2 is 2.10 bits per heavy atom. The molecule has 0 saturated heterocycles. The van der Waals surface area contributed by atoms with Crippen LogP contribution in [0, 0.1) is 15.5 Å². The second kappa shape index (κ2) is 5.68. The fourth-order valence-electron chi connectivity index (χ4n) is 1.75. The van der Waals surface area contributed by atoms with E-state index >= 15 is 0 Å². The SMILES string of the molecule is O=C(NCC1(C(=O)O)CC1)Nc1ccc([N+](=O)[O-])cc1Br. The number of carbonyl (C=O) groups excluding carboxylic acids is 1. The van der Waals surface area contributed by atoms with Gasteiger partial charge in [0, 0.05) is 23.2 Å². The average molecular weight is 358 g/mol. The molecule has 0 heterocycles. The molecule has 112 valence electrons. The van der Waals surface area contributed by atoms with Gasteiger partial charge in [0.2, 0.25) is 0 Å². The molecule has 1 aliphatic carbocycles. The van der Waals surface area contributed by atoms with Crippen LogP contribution in [0.4, 0.5) is 16.2 Å². The Morgan fingerprint density at radius 3 is 2.57 bits per heavy atom. The first-order chi connectivity index (χ1) is 9.84. The molecule has 0 bridgehead atoms. The highest BCUT2D eigenvalue weighted by atomic mass is 79.9. The number of nitro benzene ring substituents is 1. The number of aliphatic carboxylic acids is 1. The number of rotatable bonds is 5. The number of anilines is 1. The quantitative estimate of drug-likeness (QED) is 0.551. The third-order valence-electron chi connectivity index (χ3n) is 3.31. The maximum atomic E-state index is 11.7. The Hall–Kier alpha value is -2.16. The fraction of sp³-hybridized carbons (Fsp3) is 0.333. The van der Waals surface area contributed by atoms with Gasteiger partial charge in [-0.25, -0.2) is 4.79 Å².